The number of thiazole rings is 1. The normalized spacial score (nSPS) is 19.5. The summed E-state index contributed by atoms with van der Waals surface area (Å²) >= 11 is 0.741. The molecule has 0 radical (unpaired) electrons. The summed E-state index contributed by atoms with van der Waals surface area (Å²) in [6, 6.07) is -0.710. The van der Waals surface area contributed by atoms with Crippen molar-refractivity contribution < 1.29 is 22.3 Å². The Hall–Kier alpha value is -1.85. The first-order valence-corrected chi connectivity index (χ1v) is 11.6. The fraction of sp³-hybridized carbons (Fsp3) is 0.588. The monoisotopic (exact) mass is 428 g/mol. The van der Waals surface area contributed by atoms with Crippen LogP contribution in [0.5, 0.6) is 0 Å². The van der Waals surface area contributed by atoms with Gasteiger partial charge in [-0.05, 0) is 38.0 Å². The summed E-state index contributed by atoms with van der Waals surface area (Å²) in [5.41, 5.74) is 0. The maximum atomic E-state index is 13.2. The molecule has 1 saturated heterocycles. The lowest BCUT2D eigenvalue weighted by Crippen LogP contribution is -2.30. The number of sulfone groups is 1. The van der Waals surface area contributed by atoms with E-state index in [1.54, 1.807) is 0 Å². The number of amides is 1. The molecular formula is C17H21FN4O4S2. The lowest BCUT2D eigenvalue weighted by atomic mass is 9.92. The standard InChI is InChI=1S/C17H21FN4O4S2/c18-15-9-19-17(27-15)21-16(23)14(7-11-3-5-26-6-4-11)22-10-13(8-20-22)28(24,25)12-1-2-12/h8-12,14H,1-7H2,(H,19,21,23)/t14-/m0/s1. The van der Waals surface area contributed by atoms with Gasteiger partial charge in [0.15, 0.2) is 20.1 Å². The van der Waals surface area contributed by atoms with Crippen molar-refractivity contribution in [2.24, 2.45) is 5.92 Å². The highest BCUT2D eigenvalue weighted by atomic mass is 32.2. The third-order valence-electron chi connectivity index (χ3n) is 5.10. The predicted molar refractivity (Wildman–Crippen MR) is 100 cm³/mol. The van der Waals surface area contributed by atoms with Crippen LogP contribution in [-0.2, 0) is 19.4 Å². The first-order chi connectivity index (χ1) is 13.4. The van der Waals surface area contributed by atoms with E-state index >= 15 is 0 Å². The molecule has 3 heterocycles. The molecule has 0 unspecified atom stereocenters. The van der Waals surface area contributed by atoms with Gasteiger partial charge in [0.1, 0.15) is 10.9 Å². The molecule has 4 rings (SSSR count). The fourth-order valence-electron chi connectivity index (χ4n) is 3.34. The lowest BCUT2D eigenvalue weighted by Gasteiger charge is -2.26. The number of ether oxygens (including phenoxy) is 1. The van der Waals surface area contributed by atoms with Gasteiger partial charge < -0.3 is 10.1 Å². The van der Waals surface area contributed by atoms with Crippen molar-refractivity contribution in [2.75, 3.05) is 18.5 Å². The van der Waals surface area contributed by atoms with Crippen molar-refractivity contribution in [3.8, 4) is 0 Å². The van der Waals surface area contributed by atoms with E-state index in [0.29, 0.717) is 32.5 Å². The largest absolute Gasteiger partial charge is 0.381 e. The molecule has 2 aromatic heterocycles. The van der Waals surface area contributed by atoms with Crippen LogP contribution in [0.15, 0.2) is 23.5 Å². The van der Waals surface area contributed by atoms with Gasteiger partial charge in [-0.3, -0.25) is 9.48 Å². The van der Waals surface area contributed by atoms with Gasteiger partial charge in [0.05, 0.1) is 17.6 Å². The number of hydrogen-bond acceptors (Lipinski definition) is 7. The summed E-state index contributed by atoms with van der Waals surface area (Å²) in [6.45, 7) is 1.27. The van der Waals surface area contributed by atoms with E-state index < -0.39 is 21.0 Å². The Balaban J connectivity index is 1.56. The smallest absolute Gasteiger partial charge is 0.251 e. The SMILES string of the molecule is O=C(Nc1ncc(F)s1)[C@H](CC1CCOCC1)n1cc(S(=O)(=O)C2CC2)cn1. The van der Waals surface area contributed by atoms with E-state index in [1.165, 1.54) is 17.1 Å². The third kappa shape index (κ3) is 4.26. The summed E-state index contributed by atoms with van der Waals surface area (Å²) < 4.78 is 44.9. The number of hydrogen-bond donors (Lipinski definition) is 1. The molecule has 1 atom stereocenters. The van der Waals surface area contributed by atoms with Crippen molar-refractivity contribution in [3.63, 3.8) is 0 Å². The van der Waals surface area contributed by atoms with E-state index in [9.17, 15) is 17.6 Å². The Morgan fingerprint density at radius 1 is 1.32 bits per heavy atom. The van der Waals surface area contributed by atoms with Crippen molar-refractivity contribution >= 4 is 32.2 Å². The van der Waals surface area contributed by atoms with E-state index in [1.807, 2.05) is 0 Å². The van der Waals surface area contributed by atoms with Gasteiger partial charge in [0.2, 0.25) is 0 Å². The Morgan fingerprint density at radius 2 is 2.07 bits per heavy atom. The van der Waals surface area contributed by atoms with Crippen LogP contribution in [0.2, 0.25) is 0 Å². The van der Waals surface area contributed by atoms with Crippen LogP contribution in [0.4, 0.5) is 9.52 Å². The van der Waals surface area contributed by atoms with Crippen molar-refractivity contribution in [2.45, 2.75) is 48.3 Å². The average Bonchev–Trinajstić information content (AvgIpc) is 3.30. The Labute approximate surface area is 166 Å². The van der Waals surface area contributed by atoms with Crippen LogP contribution in [0, 0.1) is 11.0 Å². The molecule has 1 aliphatic heterocycles. The maximum Gasteiger partial charge on any atom is 0.251 e. The highest BCUT2D eigenvalue weighted by Crippen LogP contribution is 2.34. The van der Waals surface area contributed by atoms with Gasteiger partial charge in [-0.25, -0.2) is 13.4 Å². The van der Waals surface area contributed by atoms with Crippen LogP contribution in [0.3, 0.4) is 0 Å². The maximum absolute atomic E-state index is 13.2. The van der Waals surface area contributed by atoms with Crippen LogP contribution in [0.1, 0.15) is 38.1 Å². The van der Waals surface area contributed by atoms with E-state index in [-0.39, 0.29) is 27.1 Å². The van der Waals surface area contributed by atoms with Crippen LogP contribution in [-0.4, -0.2) is 47.6 Å². The quantitative estimate of drug-likeness (QED) is 0.726. The van der Waals surface area contributed by atoms with Gasteiger partial charge in [-0.15, -0.1) is 0 Å². The lowest BCUT2D eigenvalue weighted by molar-refractivity contribution is -0.120. The first-order valence-electron chi connectivity index (χ1n) is 9.21. The number of anilines is 1. The molecule has 1 amide bonds. The summed E-state index contributed by atoms with van der Waals surface area (Å²) in [7, 11) is -3.39. The molecule has 0 spiro atoms. The molecule has 2 aromatic rings. The van der Waals surface area contributed by atoms with Crippen molar-refractivity contribution in [3.05, 3.63) is 23.7 Å². The van der Waals surface area contributed by atoms with E-state index in [2.05, 4.69) is 15.4 Å². The number of nitrogens with one attached hydrogen (secondary N) is 1. The summed E-state index contributed by atoms with van der Waals surface area (Å²) in [6.07, 6.45) is 7.24. The van der Waals surface area contributed by atoms with Gasteiger partial charge >= 0.3 is 0 Å². The van der Waals surface area contributed by atoms with Crippen molar-refractivity contribution in [1.29, 1.82) is 0 Å². The average molecular weight is 429 g/mol. The second-order valence-corrected chi connectivity index (χ2v) is 10.4. The molecule has 0 aromatic carbocycles. The number of aromatic nitrogens is 3. The van der Waals surface area contributed by atoms with Gasteiger partial charge in [0, 0.05) is 19.4 Å². The molecule has 28 heavy (non-hydrogen) atoms. The first kappa shape index (κ1) is 19.5. The number of carbonyl (C=O) groups is 1. The van der Waals surface area contributed by atoms with Crippen LogP contribution in [0.25, 0.3) is 0 Å². The minimum atomic E-state index is -3.39. The zero-order valence-electron chi connectivity index (χ0n) is 15.1. The Bertz CT molecular complexity index is 948. The van der Waals surface area contributed by atoms with E-state index in [4.69, 9.17) is 4.74 Å². The van der Waals surface area contributed by atoms with Crippen LogP contribution >= 0.6 is 11.3 Å². The zero-order chi connectivity index (χ0) is 19.7. The molecule has 0 bridgehead atoms. The van der Waals surface area contributed by atoms with Gasteiger partial charge in [0.25, 0.3) is 5.91 Å². The molecule has 1 saturated carbocycles. The Morgan fingerprint density at radius 3 is 2.71 bits per heavy atom. The molecule has 152 valence electrons. The number of rotatable bonds is 7. The fourth-order valence-corrected chi connectivity index (χ4v) is 5.48. The topological polar surface area (TPSA) is 103 Å². The molecule has 1 N–H and O–H groups in total. The summed E-state index contributed by atoms with van der Waals surface area (Å²) in [5, 5.41) is 6.13. The van der Waals surface area contributed by atoms with Gasteiger partial charge in [-0.2, -0.15) is 9.49 Å². The minimum absolute atomic E-state index is 0.139. The number of halogens is 1. The second-order valence-electron chi connectivity index (χ2n) is 7.17. The van der Waals surface area contributed by atoms with E-state index in [0.717, 1.165) is 30.4 Å². The molecule has 8 nitrogen and oxygen atoms in total. The second kappa shape index (κ2) is 7.88. The molecule has 2 fully saturated rings. The predicted octanol–water partition coefficient (Wildman–Crippen LogP) is 2.41. The Kier molecular flexibility index (Phi) is 5.48. The number of nitrogens with zero attached hydrogens (tertiary/aromatic N) is 3. The van der Waals surface area contributed by atoms with Crippen molar-refractivity contribution in [1.82, 2.24) is 14.8 Å². The molecule has 11 heteroatoms. The molecular weight excluding hydrogens is 407 g/mol. The summed E-state index contributed by atoms with van der Waals surface area (Å²) in [5.74, 6) is -0.135. The summed E-state index contributed by atoms with van der Waals surface area (Å²) in [4.78, 5) is 16.9. The van der Waals surface area contributed by atoms with Gasteiger partial charge in [-0.1, -0.05) is 11.3 Å². The molecule has 2 aliphatic rings. The highest BCUT2D eigenvalue weighted by Gasteiger charge is 2.38. The highest BCUT2D eigenvalue weighted by molar-refractivity contribution is 7.92. The minimum Gasteiger partial charge on any atom is -0.381 e. The molecule has 1 aliphatic carbocycles. The number of carbonyl (C=O) groups excluding carboxylic acids is 1. The van der Waals surface area contributed by atoms with Crippen LogP contribution < -0.4 is 5.32 Å². The zero-order valence-corrected chi connectivity index (χ0v) is 16.7. The third-order valence-corrected chi connectivity index (χ3v) is 8.01.